The van der Waals surface area contributed by atoms with Gasteiger partial charge < -0.3 is 26.5 Å². The molecule has 0 aliphatic carbocycles. The number of unbranched alkanes of at least 4 members (excludes halogenated alkanes) is 7. The zero-order valence-corrected chi connectivity index (χ0v) is 18.5. The Balaban J connectivity index is 1.87. The van der Waals surface area contributed by atoms with Gasteiger partial charge in [0.15, 0.2) is 5.76 Å². The lowest BCUT2D eigenvalue weighted by atomic mass is 10.0. The molecule has 0 bridgehead atoms. The summed E-state index contributed by atoms with van der Waals surface area (Å²) in [5.41, 5.74) is 11.5. The number of furan rings is 1. The van der Waals surface area contributed by atoms with Crippen LogP contribution in [0.15, 0.2) is 22.8 Å². The highest BCUT2D eigenvalue weighted by Crippen LogP contribution is 2.10. The Hall–Kier alpha value is -1.70. The summed E-state index contributed by atoms with van der Waals surface area (Å²) >= 11 is 0. The number of nitrogens with two attached hydrogens (primary N) is 2. The Morgan fingerprint density at radius 1 is 0.900 bits per heavy atom. The van der Waals surface area contributed by atoms with Gasteiger partial charge in [0, 0.05) is 13.0 Å². The molecule has 30 heavy (non-hydrogen) atoms. The van der Waals surface area contributed by atoms with E-state index in [-0.39, 0.29) is 17.7 Å². The van der Waals surface area contributed by atoms with E-state index in [0.29, 0.717) is 25.1 Å². The van der Waals surface area contributed by atoms with Gasteiger partial charge in [0.25, 0.3) is 5.91 Å². The number of hydrogen-bond donors (Lipinski definition) is 4. The van der Waals surface area contributed by atoms with Crippen molar-refractivity contribution in [2.24, 2.45) is 11.5 Å². The summed E-state index contributed by atoms with van der Waals surface area (Å²) in [6.07, 6.45) is 13.6. The van der Waals surface area contributed by atoms with Gasteiger partial charge in [0.2, 0.25) is 0 Å². The first-order valence-corrected chi connectivity index (χ1v) is 11.7. The van der Waals surface area contributed by atoms with Crippen molar-refractivity contribution in [3.8, 4) is 0 Å². The van der Waals surface area contributed by atoms with Gasteiger partial charge in [-0.05, 0) is 70.3 Å². The number of rotatable bonds is 20. The van der Waals surface area contributed by atoms with Gasteiger partial charge in [-0.15, -0.1) is 0 Å². The van der Waals surface area contributed by atoms with Crippen LogP contribution < -0.4 is 22.1 Å². The Bertz CT molecular complexity index is 549. The Morgan fingerprint density at radius 3 is 2.27 bits per heavy atom. The molecular weight excluding hydrogens is 380 g/mol. The van der Waals surface area contributed by atoms with E-state index in [2.05, 4.69) is 10.6 Å². The standard InChI is InChI=1S/C23H42N4O3/c24-15-11-17-26-16-8-5-3-1-2-4-6-13-21(28)20(25)12-7-9-18-27-23(29)22-14-10-19-30-22/h10,14,19-20,26H,1-9,11-13,15-18,24-25H2,(H,27,29)/t20-/m0/s1. The number of carbonyl (C=O) groups is 2. The molecule has 1 heterocycles. The Kier molecular flexibility index (Phi) is 15.9. The number of amides is 1. The minimum absolute atomic E-state index is 0.165. The van der Waals surface area contributed by atoms with Crippen LogP contribution in [0.2, 0.25) is 0 Å². The number of hydrogen-bond acceptors (Lipinski definition) is 6. The highest BCUT2D eigenvalue weighted by molar-refractivity contribution is 5.91. The molecule has 0 fully saturated rings. The fraction of sp³-hybridized carbons (Fsp3) is 0.739. The lowest BCUT2D eigenvalue weighted by Crippen LogP contribution is -2.30. The first-order chi connectivity index (χ1) is 14.6. The fourth-order valence-corrected chi connectivity index (χ4v) is 3.32. The molecule has 0 saturated carbocycles. The van der Waals surface area contributed by atoms with Crippen molar-refractivity contribution in [1.29, 1.82) is 0 Å². The third-order valence-corrected chi connectivity index (χ3v) is 5.22. The van der Waals surface area contributed by atoms with E-state index in [4.69, 9.17) is 15.9 Å². The third kappa shape index (κ3) is 13.5. The second-order valence-electron chi connectivity index (χ2n) is 7.92. The predicted octanol–water partition coefficient (Wildman–Crippen LogP) is 3.14. The van der Waals surface area contributed by atoms with Crippen LogP contribution in [-0.4, -0.2) is 43.9 Å². The zero-order valence-electron chi connectivity index (χ0n) is 18.5. The van der Waals surface area contributed by atoms with Crippen molar-refractivity contribution in [2.45, 2.75) is 83.1 Å². The van der Waals surface area contributed by atoms with E-state index in [0.717, 1.165) is 51.7 Å². The quantitative estimate of drug-likeness (QED) is 0.239. The second-order valence-corrected chi connectivity index (χ2v) is 7.92. The molecule has 1 amide bonds. The lowest BCUT2D eigenvalue weighted by Gasteiger charge is -2.10. The minimum atomic E-state index is -0.377. The van der Waals surface area contributed by atoms with Crippen LogP contribution in [0.1, 0.15) is 87.6 Å². The molecule has 0 radical (unpaired) electrons. The molecule has 7 nitrogen and oxygen atoms in total. The van der Waals surface area contributed by atoms with Gasteiger partial charge in [0.05, 0.1) is 12.3 Å². The highest BCUT2D eigenvalue weighted by atomic mass is 16.3. The lowest BCUT2D eigenvalue weighted by molar-refractivity contribution is -0.120. The van der Waals surface area contributed by atoms with Crippen LogP contribution >= 0.6 is 0 Å². The van der Waals surface area contributed by atoms with E-state index in [1.807, 2.05) is 0 Å². The van der Waals surface area contributed by atoms with E-state index in [9.17, 15) is 9.59 Å². The maximum atomic E-state index is 12.1. The Labute approximate surface area is 181 Å². The van der Waals surface area contributed by atoms with Crippen LogP contribution in [0.5, 0.6) is 0 Å². The van der Waals surface area contributed by atoms with Crippen molar-refractivity contribution in [2.75, 3.05) is 26.2 Å². The topological polar surface area (TPSA) is 123 Å². The molecule has 6 N–H and O–H groups in total. The summed E-state index contributed by atoms with van der Waals surface area (Å²) in [6, 6.07) is 2.94. The third-order valence-electron chi connectivity index (χ3n) is 5.22. The Morgan fingerprint density at radius 2 is 1.57 bits per heavy atom. The van der Waals surface area contributed by atoms with Crippen LogP contribution in [0.4, 0.5) is 0 Å². The van der Waals surface area contributed by atoms with Crippen molar-refractivity contribution >= 4 is 11.7 Å². The van der Waals surface area contributed by atoms with E-state index < -0.39 is 0 Å². The average molecular weight is 423 g/mol. The number of nitrogens with one attached hydrogen (secondary N) is 2. The van der Waals surface area contributed by atoms with Gasteiger partial charge in [-0.25, -0.2) is 0 Å². The van der Waals surface area contributed by atoms with Crippen LogP contribution in [0, 0.1) is 0 Å². The number of ketones is 1. The van der Waals surface area contributed by atoms with Crippen LogP contribution in [-0.2, 0) is 4.79 Å². The first-order valence-electron chi connectivity index (χ1n) is 11.7. The highest BCUT2D eigenvalue weighted by Gasteiger charge is 2.13. The van der Waals surface area contributed by atoms with Crippen molar-refractivity contribution in [3.63, 3.8) is 0 Å². The largest absolute Gasteiger partial charge is 0.459 e. The summed E-state index contributed by atoms with van der Waals surface area (Å²) in [5, 5.41) is 6.20. The molecule has 0 saturated heterocycles. The predicted molar refractivity (Wildman–Crippen MR) is 121 cm³/mol. The summed E-state index contributed by atoms with van der Waals surface area (Å²) in [5.74, 6) is 0.273. The molecule has 1 aromatic heterocycles. The smallest absolute Gasteiger partial charge is 0.286 e. The molecule has 7 heteroatoms. The van der Waals surface area contributed by atoms with E-state index in [1.54, 1.807) is 12.1 Å². The maximum Gasteiger partial charge on any atom is 0.286 e. The number of Topliss-reactive ketones (excluding diaryl/α,β-unsaturated/α-hetero) is 1. The minimum Gasteiger partial charge on any atom is -0.459 e. The molecule has 0 aromatic carbocycles. The van der Waals surface area contributed by atoms with Gasteiger partial charge in [-0.1, -0.05) is 32.1 Å². The monoisotopic (exact) mass is 422 g/mol. The SMILES string of the molecule is NCCCNCCCCCCCCCC(=O)[C@@H](N)CCCCNC(=O)c1ccco1. The molecular formula is C23H42N4O3. The molecule has 0 spiro atoms. The zero-order chi connectivity index (χ0) is 21.9. The van der Waals surface area contributed by atoms with Crippen LogP contribution in [0.3, 0.4) is 0 Å². The number of carbonyl (C=O) groups excluding carboxylic acids is 2. The second kappa shape index (κ2) is 18.1. The maximum absolute atomic E-state index is 12.1. The molecule has 1 atom stereocenters. The molecule has 1 rings (SSSR count). The molecule has 0 unspecified atom stereocenters. The summed E-state index contributed by atoms with van der Waals surface area (Å²) < 4.78 is 5.03. The molecule has 0 aliphatic heterocycles. The normalized spacial score (nSPS) is 12.1. The summed E-state index contributed by atoms with van der Waals surface area (Å²) in [4.78, 5) is 23.8. The molecule has 1 aromatic rings. The van der Waals surface area contributed by atoms with Gasteiger partial charge in [-0.2, -0.15) is 0 Å². The van der Waals surface area contributed by atoms with E-state index in [1.165, 1.54) is 38.4 Å². The van der Waals surface area contributed by atoms with Crippen molar-refractivity contribution in [3.05, 3.63) is 24.2 Å². The van der Waals surface area contributed by atoms with Gasteiger partial charge in [0.1, 0.15) is 5.78 Å². The average Bonchev–Trinajstić information content (AvgIpc) is 3.29. The van der Waals surface area contributed by atoms with Crippen molar-refractivity contribution in [1.82, 2.24) is 10.6 Å². The fourth-order valence-electron chi connectivity index (χ4n) is 3.32. The first kappa shape index (κ1) is 26.3. The van der Waals surface area contributed by atoms with Gasteiger partial charge in [-0.3, -0.25) is 9.59 Å². The summed E-state index contributed by atoms with van der Waals surface area (Å²) in [6.45, 7) is 3.43. The van der Waals surface area contributed by atoms with Crippen LogP contribution in [0.25, 0.3) is 0 Å². The summed E-state index contributed by atoms with van der Waals surface area (Å²) in [7, 11) is 0. The van der Waals surface area contributed by atoms with Crippen molar-refractivity contribution < 1.29 is 14.0 Å². The molecule has 172 valence electrons. The van der Waals surface area contributed by atoms with E-state index >= 15 is 0 Å². The van der Waals surface area contributed by atoms with Gasteiger partial charge >= 0.3 is 0 Å². The molecule has 0 aliphatic rings.